The van der Waals surface area contributed by atoms with E-state index in [1.54, 1.807) is 13.2 Å². The van der Waals surface area contributed by atoms with Crippen LogP contribution < -0.4 is 15.8 Å². The number of unbranched alkanes of at least 4 members (excludes halogenated alkanes) is 3. The van der Waals surface area contributed by atoms with Crippen LogP contribution in [0.3, 0.4) is 0 Å². The van der Waals surface area contributed by atoms with Crippen LogP contribution in [0.5, 0.6) is 5.75 Å². The molecule has 118 valence electrons. The number of amides is 1. The maximum Gasteiger partial charge on any atom is 0.220 e. The van der Waals surface area contributed by atoms with Gasteiger partial charge in [0.05, 0.1) is 13.2 Å². The van der Waals surface area contributed by atoms with Gasteiger partial charge in [0.1, 0.15) is 5.75 Å². The fourth-order valence-electron chi connectivity index (χ4n) is 2.05. The molecule has 0 aliphatic rings. The summed E-state index contributed by atoms with van der Waals surface area (Å²) in [7, 11) is 1.58. The van der Waals surface area contributed by atoms with Crippen LogP contribution in [-0.4, -0.2) is 31.2 Å². The van der Waals surface area contributed by atoms with Crippen LogP contribution in [0, 0.1) is 0 Å². The SMILES string of the molecule is COc1cccc(C(O)CNC(=O)CCCCCCN)c1. The number of aliphatic hydroxyl groups excluding tert-OH is 1. The van der Waals surface area contributed by atoms with Gasteiger partial charge in [-0.2, -0.15) is 0 Å². The summed E-state index contributed by atoms with van der Waals surface area (Å²) in [6.45, 7) is 0.924. The molecule has 5 nitrogen and oxygen atoms in total. The first-order valence-electron chi connectivity index (χ1n) is 7.46. The molecule has 0 aromatic heterocycles. The van der Waals surface area contributed by atoms with Gasteiger partial charge in [-0.25, -0.2) is 0 Å². The Bertz CT molecular complexity index is 424. The third-order valence-corrected chi connectivity index (χ3v) is 3.33. The lowest BCUT2D eigenvalue weighted by Gasteiger charge is -2.13. The normalized spacial score (nSPS) is 12.0. The maximum absolute atomic E-state index is 11.7. The van der Waals surface area contributed by atoms with Crippen LogP contribution in [0.25, 0.3) is 0 Å². The van der Waals surface area contributed by atoms with Gasteiger partial charge in [0.2, 0.25) is 5.91 Å². The fraction of sp³-hybridized carbons (Fsp3) is 0.562. The molecule has 1 rings (SSSR count). The zero-order valence-corrected chi connectivity index (χ0v) is 12.7. The first-order valence-corrected chi connectivity index (χ1v) is 7.46. The lowest BCUT2D eigenvalue weighted by Crippen LogP contribution is -2.28. The molecule has 0 saturated carbocycles. The standard InChI is InChI=1S/C16H26N2O3/c1-21-14-8-6-7-13(11-14)15(19)12-18-16(20)9-4-2-3-5-10-17/h6-8,11,15,19H,2-5,9-10,12,17H2,1H3,(H,18,20). The van der Waals surface area contributed by atoms with Crippen LogP contribution in [0.15, 0.2) is 24.3 Å². The summed E-state index contributed by atoms with van der Waals surface area (Å²) in [5, 5.41) is 12.8. The van der Waals surface area contributed by atoms with Gasteiger partial charge >= 0.3 is 0 Å². The molecule has 0 heterocycles. The minimum atomic E-state index is -0.721. The quantitative estimate of drug-likeness (QED) is 0.574. The topological polar surface area (TPSA) is 84.6 Å². The molecule has 0 spiro atoms. The van der Waals surface area contributed by atoms with Gasteiger partial charge in [0, 0.05) is 13.0 Å². The first kappa shape index (κ1) is 17.5. The molecule has 1 amide bonds. The van der Waals surface area contributed by atoms with Crippen molar-refractivity contribution in [3.8, 4) is 5.75 Å². The van der Waals surface area contributed by atoms with Crippen molar-refractivity contribution in [2.24, 2.45) is 5.73 Å². The molecule has 1 atom stereocenters. The molecular formula is C16H26N2O3. The van der Waals surface area contributed by atoms with Gasteiger partial charge in [0.25, 0.3) is 0 Å². The molecule has 0 bridgehead atoms. The van der Waals surface area contributed by atoms with E-state index >= 15 is 0 Å². The zero-order chi connectivity index (χ0) is 15.5. The molecular weight excluding hydrogens is 268 g/mol. The highest BCUT2D eigenvalue weighted by atomic mass is 16.5. The van der Waals surface area contributed by atoms with E-state index in [0.29, 0.717) is 18.7 Å². The Morgan fingerprint density at radius 2 is 2.10 bits per heavy atom. The minimum Gasteiger partial charge on any atom is -0.497 e. The van der Waals surface area contributed by atoms with Crippen LogP contribution >= 0.6 is 0 Å². The van der Waals surface area contributed by atoms with Crippen molar-refractivity contribution in [3.63, 3.8) is 0 Å². The van der Waals surface area contributed by atoms with E-state index < -0.39 is 6.10 Å². The number of hydrogen-bond donors (Lipinski definition) is 3. The van der Waals surface area contributed by atoms with E-state index in [9.17, 15) is 9.90 Å². The number of nitrogens with one attached hydrogen (secondary N) is 1. The zero-order valence-electron chi connectivity index (χ0n) is 12.7. The van der Waals surface area contributed by atoms with Gasteiger partial charge in [-0.05, 0) is 37.1 Å². The molecule has 4 N–H and O–H groups in total. The summed E-state index contributed by atoms with van der Waals surface area (Å²) < 4.78 is 5.11. The summed E-state index contributed by atoms with van der Waals surface area (Å²) in [6.07, 6.45) is 3.73. The maximum atomic E-state index is 11.7. The van der Waals surface area contributed by atoms with Crippen molar-refractivity contribution in [2.45, 2.75) is 38.2 Å². The summed E-state index contributed by atoms with van der Waals surface area (Å²) in [4.78, 5) is 11.7. The molecule has 1 aromatic carbocycles. The predicted octanol–water partition coefficient (Wildman–Crippen LogP) is 1.75. The molecule has 0 radical (unpaired) electrons. The lowest BCUT2D eigenvalue weighted by molar-refractivity contribution is -0.121. The number of benzene rings is 1. The Morgan fingerprint density at radius 3 is 2.81 bits per heavy atom. The minimum absolute atomic E-state index is 0.0234. The van der Waals surface area contributed by atoms with Crippen molar-refractivity contribution in [1.82, 2.24) is 5.32 Å². The molecule has 0 aliphatic carbocycles. The average molecular weight is 294 g/mol. The van der Waals surface area contributed by atoms with E-state index in [-0.39, 0.29) is 12.5 Å². The monoisotopic (exact) mass is 294 g/mol. The smallest absolute Gasteiger partial charge is 0.220 e. The Kier molecular flexibility index (Phi) is 8.47. The number of hydrogen-bond acceptors (Lipinski definition) is 4. The predicted molar refractivity (Wildman–Crippen MR) is 83.1 cm³/mol. The van der Waals surface area contributed by atoms with Gasteiger partial charge < -0.3 is 20.9 Å². The lowest BCUT2D eigenvalue weighted by atomic mass is 10.1. The van der Waals surface area contributed by atoms with Crippen molar-refractivity contribution >= 4 is 5.91 Å². The second kappa shape index (κ2) is 10.2. The van der Waals surface area contributed by atoms with Crippen molar-refractivity contribution in [2.75, 3.05) is 20.2 Å². The molecule has 0 saturated heterocycles. The molecule has 0 aliphatic heterocycles. The molecule has 5 heteroatoms. The molecule has 1 unspecified atom stereocenters. The van der Waals surface area contributed by atoms with E-state index in [2.05, 4.69) is 5.32 Å². The summed E-state index contributed by atoms with van der Waals surface area (Å²) in [5.74, 6) is 0.669. The Balaban J connectivity index is 2.25. The van der Waals surface area contributed by atoms with Gasteiger partial charge in [-0.1, -0.05) is 25.0 Å². The number of nitrogens with two attached hydrogens (primary N) is 1. The van der Waals surface area contributed by atoms with Crippen molar-refractivity contribution in [3.05, 3.63) is 29.8 Å². The number of carbonyl (C=O) groups is 1. The average Bonchev–Trinajstić information content (AvgIpc) is 2.52. The van der Waals surface area contributed by atoms with Crippen LogP contribution in [-0.2, 0) is 4.79 Å². The number of rotatable bonds is 10. The third kappa shape index (κ3) is 7.11. The van der Waals surface area contributed by atoms with Gasteiger partial charge in [0.15, 0.2) is 0 Å². The summed E-state index contributed by atoms with van der Waals surface area (Å²) in [6, 6.07) is 7.21. The van der Waals surface area contributed by atoms with Crippen molar-refractivity contribution in [1.29, 1.82) is 0 Å². The number of methoxy groups -OCH3 is 1. The molecule has 21 heavy (non-hydrogen) atoms. The second-order valence-electron chi connectivity index (χ2n) is 5.05. The highest BCUT2D eigenvalue weighted by molar-refractivity contribution is 5.75. The molecule has 1 aromatic rings. The van der Waals surface area contributed by atoms with E-state index in [1.165, 1.54) is 0 Å². The number of carbonyl (C=O) groups excluding carboxylic acids is 1. The van der Waals surface area contributed by atoms with E-state index in [4.69, 9.17) is 10.5 Å². The van der Waals surface area contributed by atoms with Crippen LogP contribution in [0.4, 0.5) is 0 Å². The third-order valence-electron chi connectivity index (χ3n) is 3.33. The number of aliphatic hydroxyl groups is 1. The van der Waals surface area contributed by atoms with Gasteiger partial charge in [-0.15, -0.1) is 0 Å². The first-order chi connectivity index (χ1) is 10.2. The Hall–Kier alpha value is -1.59. The summed E-state index contributed by atoms with van der Waals surface area (Å²) >= 11 is 0. The van der Waals surface area contributed by atoms with E-state index in [1.807, 2.05) is 18.2 Å². The Labute approximate surface area is 126 Å². The number of ether oxygens (including phenoxy) is 1. The van der Waals surface area contributed by atoms with Gasteiger partial charge in [-0.3, -0.25) is 4.79 Å². The molecule has 0 fully saturated rings. The largest absolute Gasteiger partial charge is 0.497 e. The van der Waals surface area contributed by atoms with E-state index in [0.717, 1.165) is 31.2 Å². The van der Waals surface area contributed by atoms with Crippen molar-refractivity contribution < 1.29 is 14.6 Å². The van der Waals surface area contributed by atoms with Crippen LogP contribution in [0.2, 0.25) is 0 Å². The Morgan fingerprint density at radius 1 is 1.33 bits per heavy atom. The highest BCUT2D eigenvalue weighted by Gasteiger charge is 2.10. The van der Waals surface area contributed by atoms with Crippen LogP contribution in [0.1, 0.15) is 43.8 Å². The fourth-order valence-corrected chi connectivity index (χ4v) is 2.05. The summed E-state index contributed by atoms with van der Waals surface area (Å²) in [5.41, 5.74) is 6.15. The highest BCUT2D eigenvalue weighted by Crippen LogP contribution is 2.18. The second-order valence-corrected chi connectivity index (χ2v) is 5.05.